The van der Waals surface area contributed by atoms with Gasteiger partial charge in [0.15, 0.2) is 9.84 Å². The lowest BCUT2D eigenvalue weighted by Gasteiger charge is -2.10. The standard InChI is InChI=1S/C12H19NO5S2/c1-19(14,15)8-9-20(16,17)7-6-18-12-5-3-2-4-11(12)10-13/h2-5H,6-10,13H2,1H3. The summed E-state index contributed by atoms with van der Waals surface area (Å²) in [5.74, 6) is -0.419. The monoisotopic (exact) mass is 321 g/mol. The Morgan fingerprint density at radius 1 is 1.05 bits per heavy atom. The van der Waals surface area contributed by atoms with E-state index in [1.165, 1.54) is 0 Å². The van der Waals surface area contributed by atoms with Crippen molar-refractivity contribution in [1.29, 1.82) is 0 Å². The highest BCUT2D eigenvalue weighted by atomic mass is 32.2. The maximum atomic E-state index is 11.7. The zero-order valence-electron chi connectivity index (χ0n) is 11.3. The van der Waals surface area contributed by atoms with Crippen LogP contribution in [0.2, 0.25) is 0 Å². The fourth-order valence-corrected chi connectivity index (χ4v) is 4.24. The topological polar surface area (TPSA) is 104 Å². The second-order valence-corrected chi connectivity index (χ2v) is 9.01. The van der Waals surface area contributed by atoms with Crippen LogP contribution in [0.1, 0.15) is 5.56 Å². The van der Waals surface area contributed by atoms with Crippen molar-refractivity contribution in [1.82, 2.24) is 0 Å². The summed E-state index contributed by atoms with van der Waals surface area (Å²) >= 11 is 0. The minimum Gasteiger partial charge on any atom is -0.492 e. The molecule has 0 saturated carbocycles. The molecule has 0 spiro atoms. The average molecular weight is 321 g/mol. The van der Waals surface area contributed by atoms with Crippen molar-refractivity contribution >= 4 is 19.7 Å². The minimum atomic E-state index is -3.44. The van der Waals surface area contributed by atoms with E-state index in [-0.39, 0.29) is 23.9 Å². The van der Waals surface area contributed by atoms with Gasteiger partial charge in [0.05, 0.1) is 17.3 Å². The molecule has 0 aromatic heterocycles. The number of hydrogen-bond acceptors (Lipinski definition) is 6. The summed E-state index contributed by atoms with van der Waals surface area (Å²) < 4.78 is 50.6. The molecule has 0 aliphatic heterocycles. The Balaban J connectivity index is 2.51. The molecule has 0 aliphatic carbocycles. The summed E-state index contributed by atoms with van der Waals surface area (Å²) in [5, 5.41) is 0. The Labute approximate surface area is 119 Å². The molecule has 1 rings (SSSR count). The van der Waals surface area contributed by atoms with Crippen LogP contribution < -0.4 is 10.5 Å². The van der Waals surface area contributed by atoms with Crippen molar-refractivity contribution in [2.75, 3.05) is 30.1 Å². The van der Waals surface area contributed by atoms with Gasteiger partial charge in [-0.3, -0.25) is 0 Å². The molecular formula is C12H19NO5S2. The molecule has 0 aliphatic rings. The molecule has 6 nitrogen and oxygen atoms in total. The van der Waals surface area contributed by atoms with Crippen LogP contribution in [0.25, 0.3) is 0 Å². The van der Waals surface area contributed by atoms with E-state index in [1.807, 2.05) is 6.07 Å². The van der Waals surface area contributed by atoms with Gasteiger partial charge in [0.2, 0.25) is 0 Å². The van der Waals surface area contributed by atoms with Crippen LogP contribution in [0.5, 0.6) is 5.75 Å². The lowest BCUT2D eigenvalue weighted by Crippen LogP contribution is -2.22. The predicted molar refractivity (Wildman–Crippen MR) is 78.2 cm³/mol. The molecule has 2 N–H and O–H groups in total. The number of benzene rings is 1. The van der Waals surface area contributed by atoms with Crippen molar-refractivity contribution < 1.29 is 21.6 Å². The van der Waals surface area contributed by atoms with Crippen LogP contribution in [0.4, 0.5) is 0 Å². The molecule has 0 atom stereocenters. The van der Waals surface area contributed by atoms with Gasteiger partial charge in [0.25, 0.3) is 0 Å². The van der Waals surface area contributed by atoms with E-state index in [0.29, 0.717) is 12.3 Å². The van der Waals surface area contributed by atoms with Crippen molar-refractivity contribution in [2.45, 2.75) is 6.54 Å². The number of sulfone groups is 2. The first kappa shape index (κ1) is 16.9. The molecule has 0 heterocycles. The molecule has 0 radical (unpaired) electrons. The van der Waals surface area contributed by atoms with Gasteiger partial charge in [-0.1, -0.05) is 18.2 Å². The third kappa shape index (κ3) is 6.36. The fraction of sp³-hybridized carbons (Fsp3) is 0.500. The zero-order chi connectivity index (χ0) is 15.2. The summed E-state index contributed by atoms with van der Waals surface area (Å²) in [5.41, 5.74) is 6.33. The Morgan fingerprint density at radius 2 is 1.70 bits per heavy atom. The molecular weight excluding hydrogens is 302 g/mol. The van der Waals surface area contributed by atoms with Crippen molar-refractivity contribution in [3.05, 3.63) is 29.8 Å². The molecule has 0 amide bonds. The molecule has 0 saturated heterocycles. The normalized spacial score (nSPS) is 12.3. The van der Waals surface area contributed by atoms with E-state index >= 15 is 0 Å². The number of para-hydroxylation sites is 1. The van der Waals surface area contributed by atoms with E-state index in [9.17, 15) is 16.8 Å². The van der Waals surface area contributed by atoms with Crippen LogP contribution in [-0.4, -0.2) is 47.0 Å². The predicted octanol–water partition coefficient (Wildman–Crippen LogP) is -0.0165. The van der Waals surface area contributed by atoms with E-state index in [0.717, 1.165) is 11.8 Å². The number of ether oxygens (including phenoxy) is 1. The third-order valence-electron chi connectivity index (χ3n) is 2.61. The van der Waals surface area contributed by atoms with E-state index in [2.05, 4.69) is 0 Å². The summed E-state index contributed by atoms with van der Waals surface area (Å²) in [7, 11) is -6.72. The van der Waals surface area contributed by atoms with Crippen molar-refractivity contribution in [3.8, 4) is 5.75 Å². The minimum absolute atomic E-state index is 0.0247. The van der Waals surface area contributed by atoms with E-state index in [1.54, 1.807) is 18.2 Å². The Bertz CT molecular complexity index is 638. The molecule has 0 bridgehead atoms. The van der Waals surface area contributed by atoms with Crippen LogP contribution in [0.15, 0.2) is 24.3 Å². The number of hydrogen-bond donors (Lipinski definition) is 1. The van der Waals surface area contributed by atoms with Gasteiger partial charge >= 0.3 is 0 Å². The smallest absolute Gasteiger partial charge is 0.154 e. The molecule has 0 unspecified atom stereocenters. The van der Waals surface area contributed by atoms with Gasteiger partial charge in [-0.2, -0.15) is 0 Å². The number of nitrogens with two attached hydrogens (primary N) is 1. The fourth-order valence-electron chi connectivity index (χ4n) is 1.47. The van der Waals surface area contributed by atoms with Crippen LogP contribution in [0, 0.1) is 0 Å². The highest BCUT2D eigenvalue weighted by molar-refractivity contribution is 7.94. The van der Waals surface area contributed by atoms with Gasteiger partial charge < -0.3 is 10.5 Å². The van der Waals surface area contributed by atoms with Crippen LogP contribution in [-0.2, 0) is 26.2 Å². The van der Waals surface area contributed by atoms with Crippen molar-refractivity contribution in [3.63, 3.8) is 0 Å². The maximum Gasteiger partial charge on any atom is 0.154 e. The molecule has 1 aromatic rings. The second kappa shape index (κ2) is 7.05. The van der Waals surface area contributed by atoms with E-state index < -0.39 is 19.7 Å². The summed E-state index contributed by atoms with van der Waals surface area (Å²) in [4.78, 5) is 0. The van der Waals surface area contributed by atoms with Crippen LogP contribution in [0.3, 0.4) is 0 Å². The molecule has 0 fully saturated rings. The van der Waals surface area contributed by atoms with Crippen molar-refractivity contribution in [2.24, 2.45) is 5.73 Å². The lowest BCUT2D eigenvalue weighted by molar-refractivity contribution is 0.337. The summed E-state index contributed by atoms with van der Waals surface area (Å²) in [6.07, 6.45) is 1.01. The lowest BCUT2D eigenvalue weighted by atomic mass is 10.2. The molecule has 1 aromatic carbocycles. The summed E-state index contributed by atoms with van der Waals surface area (Å²) in [6, 6.07) is 7.10. The Hall–Kier alpha value is -1.12. The van der Waals surface area contributed by atoms with E-state index in [4.69, 9.17) is 10.5 Å². The first-order valence-electron chi connectivity index (χ1n) is 6.02. The van der Waals surface area contributed by atoms with Gasteiger partial charge in [-0.05, 0) is 6.07 Å². The average Bonchev–Trinajstić information content (AvgIpc) is 2.36. The maximum absolute atomic E-state index is 11.7. The largest absolute Gasteiger partial charge is 0.492 e. The third-order valence-corrected chi connectivity index (χ3v) is 5.43. The Morgan fingerprint density at radius 3 is 2.30 bits per heavy atom. The number of rotatable bonds is 8. The van der Waals surface area contributed by atoms with Gasteiger partial charge in [0, 0.05) is 18.4 Å². The summed E-state index contributed by atoms with van der Waals surface area (Å²) in [6.45, 7) is 0.278. The van der Waals surface area contributed by atoms with Gasteiger partial charge in [-0.15, -0.1) is 0 Å². The molecule has 114 valence electrons. The first-order chi connectivity index (χ1) is 9.23. The first-order valence-corrected chi connectivity index (χ1v) is 9.90. The zero-order valence-corrected chi connectivity index (χ0v) is 12.9. The SMILES string of the molecule is CS(=O)(=O)CCS(=O)(=O)CCOc1ccccc1CN. The molecule has 8 heteroatoms. The quantitative estimate of drug-likeness (QED) is 0.722. The van der Waals surface area contributed by atoms with Gasteiger partial charge in [-0.25, -0.2) is 16.8 Å². The van der Waals surface area contributed by atoms with Gasteiger partial charge in [0.1, 0.15) is 22.2 Å². The second-order valence-electron chi connectivity index (χ2n) is 4.44. The Kier molecular flexibility index (Phi) is 5.97. The highest BCUT2D eigenvalue weighted by Crippen LogP contribution is 2.16. The highest BCUT2D eigenvalue weighted by Gasteiger charge is 2.15. The van der Waals surface area contributed by atoms with Crippen LogP contribution >= 0.6 is 0 Å². The molecule has 20 heavy (non-hydrogen) atoms.